The van der Waals surface area contributed by atoms with Crippen LogP contribution in [0.3, 0.4) is 0 Å². The van der Waals surface area contributed by atoms with Crippen LogP contribution in [0.2, 0.25) is 0 Å². The van der Waals surface area contributed by atoms with E-state index in [0.29, 0.717) is 19.6 Å². The second-order valence-corrected chi connectivity index (χ2v) is 1.95. The molecule has 0 saturated heterocycles. The average molecular weight is 182 g/mol. The van der Waals surface area contributed by atoms with Crippen molar-refractivity contribution in [2.24, 2.45) is 0 Å². The van der Waals surface area contributed by atoms with Gasteiger partial charge in [0.1, 0.15) is 0 Å². The predicted molar refractivity (Wildman–Crippen MR) is 43.5 cm³/mol. The van der Waals surface area contributed by atoms with Gasteiger partial charge in [-0.25, -0.2) is 0 Å². The van der Waals surface area contributed by atoms with E-state index in [4.69, 9.17) is 20.4 Å². The molecule has 76 valence electrons. The lowest BCUT2D eigenvalue weighted by molar-refractivity contribution is -0.0413. The molecular formula is C7H18O5. The van der Waals surface area contributed by atoms with Crippen LogP contribution < -0.4 is 0 Å². The second kappa shape index (κ2) is 13.4. The molecule has 0 atom stereocenters. The molecule has 0 spiro atoms. The summed E-state index contributed by atoms with van der Waals surface area (Å²) in [7, 11) is 0. The maximum Gasteiger partial charge on any atom is 0.151 e. The summed E-state index contributed by atoms with van der Waals surface area (Å²) in [6, 6.07) is 0. The minimum absolute atomic E-state index is 0.0278. The Bertz CT molecular complexity index is 62.8. The third-order valence-electron chi connectivity index (χ3n) is 0.836. The highest BCUT2D eigenvalue weighted by molar-refractivity contribution is 4.24. The minimum atomic E-state index is -1.12. The lowest BCUT2D eigenvalue weighted by Crippen LogP contribution is -2.03. The number of aliphatic hydroxyl groups excluding tert-OH is 3. The van der Waals surface area contributed by atoms with Gasteiger partial charge >= 0.3 is 0 Å². The Morgan fingerprint density at radius 3 is 1.58 bits per heavy atom. The molecule has 0 aromatic carbocycles. The van der Waals surface area contributed by atoms with Crippen LogP contribution in [0.25, 0.3) is 0 Å². The Labute approximate surface area is 72.2 Å². The third-order valence-corrected chi connectivity index (χ3v) is 0.836. The Hall–Kier alpha value is -0.200. The lowest BCUT2D eigenvalue weighted by atomic mass is 10.5. The van der Waals surface area contributed by atoms with Crippen molar-refractivity contribution < 1.29 is 25.2 Å². The first-order chi connectivity index (χ1) is 5.68. The standard InChI is InChI=1S/C4H10O3.C3H8O2/c5-1-3-7-4-2-6;1-2-3(4)5/h5-6H,1-4H2;3-5H,2H2,1H3. The summed E-state index contributed by atoms with van der Waals surface area (Å²) in [5, 5.41) is 32.0. The van der Waals surface area contributed by atoms with Gasteiger partial charge < -0.3 is 25.2 Å². The van der Waals surface area contributed by atoms with E-state index in [0.717, 1.165) is 0 Å². The summed E-state index contributed by atoms with van der Waals surface area (Å²) in [6.45, 7) is 2.39. The SMILES string of the molecule is CCC(O)O.OCCOCCO. The summed E-state index contributed by atoms with van der Waals surface area (Å²) in [5.41, 5.74) is 0. The zero-order valence-corrected chi connectivity index (χ0v) is 7.31. The fraction of sp³-hybridized carbons (Fsp3) is 1.00. The number of hydrogen-bond acceptors (Lipinski definition) is 5. The van der Waals surface area contributed by atoms with Gasteiger partial charge in [-0.05, 0) is 6.42 Å². The monoisotopic (exact) mass is 182 g/mol. The summed E-state index contributed by atoms with van der Waals surface area (Å²) >= 11 is 0. The molecule has 0 fully saturated rings. The number of hydrogen-bond donors (Lipinski definition) is 4. The topological polar surface area (TPSA) is 90.2 Å². The van der Waals surface area contributed by atoms with Crippen molar-refractivity contribution in [3.63, 3.8) is 0 Å². The van der Waals surface area contributed by atoms with E-state index in [-0.39, 0.29) is 13.2 Å². The number of aliphatic hydroxyl groups is 4. The van der Waals surface area contributed by atoms with Crippen LogP contribution in [-0.2, 0) is 4.74 Å². The summed E-state index contributed by atoms with van der Waals surface area (Å²) in [6.07, 6.45) is -0.699. The van der Waals surface area contributed by atoms with Crippen LogP contribution in [0.5, 0.6) is 0 Å². The van der Waals surface area contributed by atoms with Gasteiger partial charge in [-0.15, -0.1) is 0 Å². The Balaban J connectivity index is 0. The fourth-order valence-corrected chi connectivity index (χ4v) is 0.231. The zero-order valence-electron chi connectivity index (χ0n) is 7.31. The maximum atomic E-state index is 8.09. The van der Waals surface area contributed by atoms with Gasteiger partial charge in [0.15, 0.2) is 6.29 Å². The summed E-state index contributed by atoms with van der Waals surface area (Å²) in [4.78, 5) is 0. The zero-order chi connectivity index (χ0) is 9.82. The normalized spacial score (nSPS) is 9.50. The first kappa shape index (κ1) is 14.3. The van der Waals surface area contributed by atoms with E-state index >= 15 is 0 Å². The van der Waals surface area contributed by atoms with Gasteiger partial charge in [0.25, 0.3) is 0 Å². The summed E-state index contributed by atoms with van der Waals surface area (Å²) in [5.74, 6) is 0. The smallest absolute Gasteiger partial charge is 0.151 e. The van der Waals surface area contributed by atoms with Gasteiger partial charge in [0.2, 0.25) is 0 Å². The van der Waals surface area contributed by atoms with Gasteiger partial charge in [0, 0.05) is 0 Å². The first-order valence-electron chi connectivity index (χ1n) is 3.84. The van der Waals surface area contributed by atoms with E-state index in [9.17, 15) is 0 Å². The van der Waals surface area contributed by atoms with Crippen molar-refractivity contribution in [3.8, 4) is 0 Å². The molecule has 0 radical (unpaired) electrons. The van der Waals surface area contributed by atoms with E-state index in [2.05, 4.69) is 4.74 Å². The van der Waals surface area contributed by atoms with Gasteiger partial charge in [-0.1, -0.05) is 6.92 Å². The van der Waals surface area contributed by atoms with Crippen LogP contribution >= 0.6 is 0 Å². The average Bonchev–Trinajstić information content (AvgIpc) is 2.07. The molecule has 0 aliphatic rings. The van der Waals surface area contributed by atoms with Crippen molar-refractivity contribution in [1.29, 1.82) is 0 Å². The van der Waals surface area contributed by atoms with Crippen LogP contribution in [-0.4, -0.2) is 53.1 Å². The Kier molecular flexibility index (Phi) is 16.0. The highest BCUT2D eigenvalue weighted by atomic mass is 16.5. The van der Waals surface area contributed by atoms with Crippen LogP contribution in [0, 0.1) is 0 Å². The Morgan fingerprint density at radius 2 is 1.42 bits per heavy atom. The summed E-state index contributed by atoms with van der Waals surface area (Å²) < 4.78 is 4.63. The fourth-order valence-electron chi connectivity index (χ4n) is 0.231. The van der Waals surface area contributed by atoms with E-state index < -0.39 is 6.29 Å². The van der Waals surface area contributed by atoms with E-state index in [1.165, 1.54) is 0 Å². The molecule has 0 rings (SSSR count). The number of ether oxygens (including phenoxy) is 1. The van der Waals surface area contributed by atoms with Gasteiger partial charge in [0.05, 0.1) is 26.4 Å². The van der Waals surface area contributed by atoms with Crippen molar-refractivity contribution in [1.82, 2.24) is 0 Å². The van der Waals surface area contributed by atoms with Gasteiger partial charge in [-0.2, -0.15) is 0 Å². The molecule has 0 heterocycles. The largest absolute Gasteiger partial charge is 0.394 e. The molecule has 5 heteroatoms. The van der Waals surface area contributed by atoms with Gasteiger partial charge in [-0.3, -0.25) is 0 Å². The molecule has 12 heavy (non-hydrogen) atoms. The molecule has 0 amide bonds. The van der Waals surface area contributed by atoms with Crippen molar-refractivity contribution in [2.45, 2.75) is 19.6 Å². The lowest BCUT2D eigenvalue weighted by Gasteiger charge is -1.94. The minimum Gasteiger partial charge on any atom is -0.394 e. The van der Waals surface area contributed by atoms with E-state index in [1.807, 2.05) is 0 Å². The highest BCUT2D eigenvalue weighted by Gasteiger charge is 1.83. The molecule has 0 aliphatic heterocycles. The molecule has 4 N–H and O–H groups in total. The van der Waals surface area contributed by atoms with E-state index in [1.54, 1.807) is 6.92 Å². The molecule has 0 saturated carbocycles. The van der Waals surface area contributed by atoms with Crippen LogP contribution in [0.15, 0.2) is 0 Å². The van der Waals surface area contributed by atoms with Crippen molar-refractivity contribution in [2.75, 3.05) is 26.4 Å². The van der Waals surface area contributed by atoms with Crippen LogP contribution in [0.4, 0.5) is 0 Å². The van der Waals surface area contributed by atoms with Crippen molar-refractivity contribution >= 4 is 0 Å². The highest BCUT2D eigenvalue weighted by Crippen LogP contribution is 1.77. The first-order valence-corrected chi connectivity index (χ1v) is 3.84. The molecule has 0 bridgehead atoms. The molecule has 0 unspecified atom stereocenters. The molecule has 0 aromatic heterocycles. The Morgan fingerprint density at radius 1 is 1.08 bits per heavy atom. The molecular weight excluding hydrogens is 164 g/mol. The third kappa shape index (κ3) is 22.6. The number of rotatable bonds is 5. The second-order valence-electron chi connectivity index (χ2n) is 1.95. The quantitative estimate of drug-likeness (QED) is 0.313. The maximum absolute atomic E-state index is 8.09. The molecule has 0 aromatic rings. The molecule has 0 aliphatic carbocycles. The predicted octanol–water partition coefficient (Wildman–Crippen LogP) is -1.31. The molecule has 5 nitrogen and oxygen atoms in total. The van der Waals surface area contributed by atoms with Crippen LogP contribution in [0.1, 0.15) is 13.3 Å². The van der Waals surface area contributed by atoms with Crippen molar-refractivity contribution in [3.05, 3.63) is 0 Å².